The van der Waals surface area contributed by atoms with Crippen LogP contribution in [0.15, 0.2) is 35.4 Å². The Balaban J connectivity index is 2.23. The van der Waals surface area contributed by atoms with Crippen LogP contribution in [-0.2, 0) is 18.3 Å². The van der Waals surface area contributed by atoms with Crippen LogP contribution in [0.5, 0.6) is 0 Å². The highest BCUT2D eigenvalue weighted by molar-refractivity contribution is 5.99. The minimum Gasteiger partial charge on any atom is -0.245 e. The molecule has 0 aliphatic rings. The standard InChI is InChI=1S/C22H32N4/c1-7-10-19-15-20(11-8-2)24-21(23-19)26-25-16(3)17-12-9-13-18(14-17)22(4,5)6/h9,12-15H,7-8,10-11H2,1-6H3,(H,23,24,26). The number of aryl methyl sites for hydroxylation is 2. The third-order valence-corrected chi connectivity index (χ3v) is 4.31. The largest absolute Gasteiger partial charge is 0.245 e. The number of aromatic nitrogens is 2. The monoisotopic (exact) mass is 352 g/mol. The Labute approximate surface area is 158 Å². The molecule has 0 fully saturated rings. The molecule has 26 heavy (non-hydrogen) atoms. The van der Waals surface area contributed by atoms with Gasteiger partial charge in [0.25, 0.3) is 0 Å². The molecule has 0 bridgehead atoms. The maximum Gasteiger partial charge on any atom is 0.243 e. The number of rotatable bonds is 7. The zero-order chi connectivity index (χ0) is 19.2. The van der Waals surface area contributed by atoms with Crippen LogP contribution in [0.2, 0.25) is 0 Å². The molecule has 0 saturated carbocycles. The molecule has 4 heteroatoms. The van der Waals surface area contributed by atoms with Gasteiger partial charge in [-0.2, -0.15) is 5.10 Å². The Morgan fingerprint density at radius 2 is 1.62 bits per heavy atom. The third-order valence-electron chi connectivity index (χ3n) is 4.31. The van der Waals surface area contributed by atoms with Crippen LogP contribution < -0.4 is 5.43 Å². The SMILES string of the molecule is CCCc1cc(CCC)nc(NN=C(C)c2cccc(C(C)(C)C)c2)n1. The van der Waals surface area contributed by atoms with Crippen molar-refractivity contribution >= 4 is 11.7 Å². The predicted molar refractivity (Wildman–Crippen MR) is 111 cm³/mol. The summed E-state index contributed by atoms with van der Waals surface area (Å²) in [6.45, 7) is 13.0. The summed E-state index contributed by atoms with van der Waals surface area (Å²) >= 11 is 0. The highest BCUT2D eigenvalue weighted by Crippen LogP contribution is 2.23. The second-order valence-electron chi connectivity index (χ2n) is 7.81. The zero-order valence-electron chi connectivity index (χ0n) is 17.1. The van der Waals surface area contributed by atoms with Crippen LogP contribution in [0.3, 0.4) is 0 Å². The normalized spacial score (nSPS) is 12.3. The van der Waals surface area contributed by atoms with E-state index in [1.54, 1.807) is 0 Å². The van der Waals surface area contributed by atoms with Crippen molar-refractivity contribution in [3.63, 3.8) is 0 Å². The van der Waals surface area contributed by atoms with Crippen molar-refractivity contribution in [2.45, 2.75) is 72.6 Å². The van der Waals surface area contributed by atoms with E-state index >= 15 is 0 Å². The average Bonchev–Trinajstić information content (AvgIpc) is 2.59. The van der Waals surface area contributed by atoms with Crippen molar-refractivity contribution in [1.29, 1.82) is 0 Å². The van der Waals surface area contributed by atoms with Gasteiger partial charge in [0.1, 0.15) is 0 Å². The minimum atomic E-state index is 0.121. The van der Waals surface area contributed by atoms with Gasteiger partial charge in [0.15, 0.2) is 0 Å². The minimum absolute atomic E-state index is 0.121. The van der Waals surface area contributed by atoms with E-state index in [4.69, 9.17) is 0 Å². The van der Waals surface area contributed by atoms with Gasteiger partial charge >= 0.3 is 0 Å². The van der Waals surface area contributed by atoms with E-state index in [0.29, 0.717) is 5.95 Å². The first-order chi connectivity index (χ1) is 12.3. The summed E-state index contributed by atoms with van der Waals surface area (Å²) in [5.41, 5.74) is 8.69. The molecule has 0 saturated heterocycles. The molecule has 2 aromatic rings. The molecule has 140 valence electrons. The summed E-state index contributed by atoms with van der Waals surface area (Å²) in [6.07, 6.45) is 4.07. The van der Waals surface area contributed by atoms with Gasteiger partial charge in [-0.1, -0.05) is 65.7 Å². The summed E-state index contributed by atoms with van der Waals surface area (Å²) < 4.78 is 0. The lowest BCUT2D eigenvalue weighted by Crippen LogP contribution is -2.12. The van der Waals surface area contributed by atoms with Gasteiger partial charge < -0.3 is 0 Å². The number of benzene rings is 1. The Bertz CT molecular complexity index is 733. The molecule has 0 unspecified atom stereocenters. The Morgan fingerprint density at radius 1 is 1.00 bits per heavy atom. The summed E-state index contributed by atoms with van der Waals surface area (Å²) in [5, 5.41) is 4.53. The van der Waals surface area contributed by atoms with Crippen LogP contribution in [0.4, 0.5) is 5.95 Å². The number of hydrazone groups is 1. The van der Waals surface area contributed by atoms with Crippen molar-refractivity contribution < 1.29 is 0 Å². The lowest BCUT2D eigenvalue weighted by Gasteiger charge is -2.19. The van der Waals surface area contributed by atoms with E-state index in [1.807, 2.05) is 6.92 Å². The molecule has 1 aromatic carbocycles. The van der Waals surface area contributed by atoms with Crippen molar-refractivity contribution in [3.05, 3.63) is 52.8 Å². The third kappa shape index (κ3) is 5.65. The molecule has 0 aliphatic carbocycles. The zero-order valence-corrected chi connectivity index (χ0v) is 17.1. The second-order valence-corrected chi connectivity index (χ2v) is 7.81. The van der Waals surface area contributed by atoms with E-state index in [9.17, 15) is 0 Å². The van der Waals surface area contributed by atoms with Crippen molar-refractivity contribution in [3.8, 4) is 0 Å². The molecule has 1 aromatic heterocycles. The fraction of sp³-hybridized carbons (Fsp3) is 0.500. The van der Waals surface area contributed by atoms with E-state index in [-0.39, 0.29) is 5.41 Å². The van der Waals surface area contributed by atoms with Gasteiger partial charge in [-0.3, -0.25) is 0 Å². The van der Waals surface area contributed by atoms with Crippen molar-refractivity contribution in [1.82, 2.24) is 9.97 Å². The number of nitrogens with one attached hydrogen (secondary N) is 1. The second kappa shape index (κ2) is 8.93. The highest BCUT2D eigenvalue weighted by atomic mass is 15.4. The van der Waals surface area contributed by atoms with Gasteiger partial charge in [0.05, 0.1) is 5.71 Å². The molecule has 0 radical (unpaired) electrons. The summed E-state index contributed by atoms with van der Waals surface area (Å²) in [5.74, 6) is 0.589. The number of hydrogen-bond donors (Lipinski definition) is 1. The Morgan fingerprint density at radius 3 is 2.15 bits per heavy atom. The van der Waals surface area contributed by atoms with Gasteiger partial charge in [0, 0.05) is 11.4 Å². The average molecular weight is 353 g/mol. The van der Waals surface area contributed by atoms with Crippen LogP contribution in [0, 0.1) is 0 Å². The highest BCUT2D eigenvalue weighted by Gasteiger charge is 2.14. The van der Waals surface area contributed by atoms with Crippen molar-refractivity contribution in [2.24, 2.45) is 5.10 Å². The van der Waals surface area contributed by atoms with Gasteiger partial charge in [-0.15, -0.1) is 0 Å². The van der Waals surface area contributed by atoms with Gasteiger partial charge in [0.2, 0.25) is 5.95 Å². The fourth-order valence-corrected chi connectivity index (χ4v) is 2.78. The van der Waals surface area contributed by atoms with Crippen LogP contribution in [0.1, 0.15) is 76.9 Å². The van der Waals surface area contributed by atoms with Crippen molar-refractivity contribution in [2.75, 3.05) is 5.43 Å². The summed E-state index contributed by atoms with van der Waals surface area (Å²) in [4.78, 5) is 9.20. The van der Waals surface area contributed by atoms with E-state index < -0.39 is 0 Å². The van der Waals surface area contributed by atoms with Crippen LogP contribution in [0.25, 0.3) is 0 Å². The van der Waals surface area contributed by atoms with E-state index in [2.05, 4.69) is 85.4 Å². The Hall–Kier alpha value is -2.23. The van der Waals surface area contributed by atoms with Gasteiger partial charge in [-0.05, 0) is 48.4 Å². The smallest absolute Gasteiger partial charge is 0.243 e. The molecule has 0 amide bonds. The Kier molecular flexibility index (Phi) is 6.90. The molecule has 4 nitrogen and oxygen atoms in total. The molecular formula is C22H32N4. The topological polar surface area (TPSA) is 50.2 Å². The molecule has 0 aliphatic heterocycles. The quantitative estimate of drug-likeness (QED) is 0.527. The molecule has 0 atom stereocenters. The number of anilines is 1. The fourth-order valence-electron chi connectivity index (χ4n) is 2.78. The lowest BCUT2D eigenvalue weighted by atomic mass is 9.86. The van der Waals surface area contributed by atoms with Gasteiger partial charge in [-0.25, -0.2) is 15.4 Å². The first-order valence-corrected chi connectivity index (χ1v) is 9.61. The summed E-state index contributed by atoms with van der Waals surface area (Å²) in [6, 6.07) is 10.7. The predicted octanol–water partition coefficient (Wildman–Crippen LogP) is 5.52. The maximum atomic E-state index is 4.60. The molecule has 1 N–H and O–H groups in total. The van der Waals surface area contributed by atoms with Crippen LogP contribution in [-0.4, -0.2) is 15.7 Å². The lowest BCUT2D eigenvalue weighted by molar-refractivity contribution is 0.590. The maximum absolute atomic E-state index is 4.60. The molecule has 0 spiro atoms. The first-order valence-electron chi connectivity index (χ1n) is 9.61. The number of nitrogens with zero attached hydrogens (tertiary/aromatic N) is 3. The molecule has 1 heterocycles. The molecule has 2 rings (SSSR count). The first kappa shape index (κ1) is 20.1. The summed E-state index contributed by atoms with van der Waals surface area (Å²) in [7, 11) is 0. The van der Waals surface area contributed by atoms with E-state index in [0.717, 1.165) is 48.3 Å². The van der Waals surface area contributed by atoms with Crippen LogP contribution >= 0.6 is 0 Å². The number of hydrogen-bond acceptors (Lipinski definition) is 4. The van der Waals surface area contributed by atoms with E-state index in [1.165, 1.54) is 5.56 Å². The molecular weight excluding hydrogens is 320 g/mol.